The van der Waals surface area contributed by atoms with Crippen molar-refractivity contribution in [1.29, 1.82) is 5.41 Å². The Morgan fingerprint density at radius 3 is 2.46 bits per heavy atom. The van der Waals surface area contributed by atoms with Gasteiger partial charge in [-0.25, -0.2) is 0 Å². The third-order valence-electron chi connectivity index (χ3n) is 2.34. The molecule has 0 aliphatic carbocycles. The highest BCUT2D eigenvalue weighted by atomic mass is 15.1. The van der Waals surface area contributed by atoms with Crippen molar-refractivity contribution in [2.45, 2.75) is 46.1 Å². The van der Waals surface area contributed by atoms with Gasteiger partial charge in [0.25, 0.3) is 0 Å². The maximum atomic E-state index is 7.22. The number of hydrogen-bond donors (Lipinski definition) is 2. The molecule has 0 aliphatic rings. The lowest BCUT2D eigenvalue weighted by atomic mass is 10.1. The second kappa shape index (κ2) is 6.89. The third kappa shape index (κ3) is 5.64. The van der Waals surface area contributed by atoms with Crippen LogP contribution in [-0.2, 0) is 0 Å². The van der Waals surface area contributed by atoms with Crippen LogP contribution in [-0.4, -0.2) is 29.9 Å². The van der Waals surface area contributed by atoms with Crippen molar-refractivity contribution in [3.05, 3.63) is 0 Å². The van der Waals surface area contributed by atoms with E-state index in [1.807, 2.05) is 0 Å². The minimum atomic E-state index is 0.294. The zero-order valence-corrected chi connectivity index (χ0v) is 9.14. The smallest absolute Gasteiger partial charge is 0.0920 e. The molecule has 13 heavy (non-hydrogen) atoms. The highest BCUT2D eigenvalue weighted by Crippen LogP contribution is 2.04. The minimum Gasteiger partial charge on any atom is -0.388 e. The largest absolute Gasteiger partial charge is 0.388 e. The lowest BCUT2D eigenvalue weighted by Gasteiger charge is -2.27. The van der Waals surface area contributed by atoms with Crippen LogP contribution >= 0.6 is 0 Å². The van der Waals surface area contributed by atoms with Crippen LogP contribution in [0.1, 0.15) is 40.0 Å². The second-order valence-corrected chi connectivity index (χ2v) is 3.56. The molecule has 0 amide bonds. The zero-order valence-electron chi connectivity index (χ0n) is 9.14. The standard InChI is InChI=1S/C10H23N3/c1-4-6-7-13(5-2)9(3)8-10(11)12/h9H,4-8H2,1-3H3,(H3,11,12). The first-order valence-electron chi connectivity index (χ1n) is 5.18. The van der Waals surface area contributed by atoms with E-state index in [9.17, 15) is 0 Å². The Labute approximate surface area is 81.8 Å². The molecule has 0 rings (SSSR count). The van der Waals surface area contributed by atoms with Gasteiger partial charge in [-0.2, -0.15) is 0 Å². The van der Waals surface area contributed by atoms with Crippen LogP contribution < -0.4 is 5.73 Å². The summed E-state index contributed by atoms with van der Waals surface area (Å²) in [6, 6.07) is 0.411. The van der Waals surface area contributed by atoms with E-state index in [2.05, 4.69) is 25.7 Å². The van der Waals surface area contributed by atoms with E-state index in [0.717, 1.165) is 13.1 Å². The molecule has 3 nitrogen and oxygen atoms in total. The van der Waals surface area contributed by atoms with E-state index in [-0.39, 0.29) is 0 Å². The van der Waals surface area contributed by atoms with Gasteiger partial charge >= 0.3 is 0 Å². The van der Waals surface area contributed by atoms with Crippen molar-refractivity contribution in [2.75, 3.05) is 13.1 Å². The average molecular weight is 185 g/mol. The van der Waals surface area contributed by atoms with Gasteiger partial charge in [0.2, 0.25) is 0 Å². The zero-order chi connectivity index (χ0) is 10.3. The molecule has 0 saturated carbocycles. The number of nitrogens with zero attached hydrogens (tertiary/aromatic N) is 1. The van der Waals surface area contributed by atoms with E-state index in [4.69, 9.17) is 11.1 Å². The summed E-state index contributed by atoms with van der Waals surface area (Å²) in [4.78, 5) is 2.38. The molecule has 0 bridgehead atoms. The Morgan fingerprint density at radius 2 is 2.08 bits per heavy atom. The summed E-state index contributed by atoms with van der Waals surface area (Å²) < 4.78 is 0. The summed E-state index contributed by atoms with van der Waals surface area (Å²) in [6.07, 6.45) is 3.15. The number of nitrogens with two attached hydrogens (primary N) is 1. The van der Waals surface area contributed by atoms with Gasteiger partial charge < -0.3 is 10.6 Å². The minimum absolute atomic E-state index is 0.294. The Hall–Kier alpha value is -0.570. The van der Waals surface area contributed by atoms with Crippen molar-refractivity contribution in [3.63, 3.8) is 0 Å². The molecule has 3 heteroatoms. The van der Waals surface area contributed by atoms with E-state index < -0.39 is 0 Å². The van der Waals surface area contributed by atoms with Crippen LogP contribution in [0.5, 0.6) is 0 Å². The maximum absolute atomic E-state index is 7.22. The second-order valence-electron chi connectivity index (χ2n) is 3.56. The molecule has 78 valence electrons. The average Bonchev–Trinajstić information content (AvgIpc) is 2.04. The summed E-state index contributed by atoms with van der Waals surface area (Å²) in [6.45, 7) is 8.67. The van der Waals surface area contributed by atoms with Crippen LogP contribution in [0.25, 0.3) is 0 Å². The lowest BCUT2D eigenvalue weighted by Crippen LogP contribution is -2.36. The summed E-state index contributed by atoms with van der Waals surface area (Å²) in [7, 11) is 0. The van der Waals surface area contributed by atoms with E-state index in [1.165, 1.54) is 12.8 Å². The van der Waals surface area contributed by atoms with Crippen LogP contribution in [0, 0.1) is 5.41 Å². The molecule has 0 aromatic rings. The maximum Gasteiger partial charge on any atom is 0.0920 e. The highest BCUT2D eigenvalue weighted by Gasteiger charge is 2.11. The molecular weight excluding hydrogens is 162 g/mol. The molecule has 0 spiro atoms. The van der Waals surface area contributed by atoms with Gasteiger partial charge in [-0.05, 0) is 26.4 Å². The van der Waals surface area contributed by atoms with E-state index in [0.29, 0.717) is 18.3 Å². The Morgan fingerprint density at radius 1 is 1.46 bits per heavy atom. The summed E-state index contributed by atoms with van der Waals surface area (Å²) in [5, 5.41) is 7.22. The molecule has 0 fully saturated rings. The Kier molecular flexibility index (Phi) is 6.59. The SMILES string of the molecule is CCCCN(CC)C(C)CC(=N)N. The third-order valence-corrected chi connectivity index (χ3v) is 2.34. The summed E-state index contributed by atoms with van der Waals surface area (Å²) in [5.41, 5.74) is 5.37. The van der Waals surface area contributed by atoms with Crippen molar-refractivity contribution >= 4 is 5.84 Å². The topological polar surface area (TPSA) is 53.1 Å². The Bertz CT molecular complexity index is 145. The van der Waals surface area contributed by atoms with Gasteiger partial charge in [0.1, 0.15) is 0 Å². The van der Waals surface area contributed by atoms with Gasteiger partial charge in [0, 0.05) is 12.5 Å². The van der Waals surface area contributed by atoms with Crippen LogP contribution in [0.3, 0.4) is 0 Å². The van der Waals surface area contributed by atoms with Crippen molar-refractivity contribution < 1.29 is 0 Å². The first-order chi connectivity index (χ1) is 6.11. The number of unbranched alkanes of at least 4 members (excludes halogenated alkanes) is 1. The van der Waals surface area contributed by atoms with Crippen LogP contribution in [0.4, 0.5) is 0 Å². The fourth-order valence-electron chi connectivity index (χ4n) is 1.50. The van der Waals surface area contributed by atoms with Crippen LogP contribution in [0.15, 0.2) is 0 Å². The number of amidine groups is 1. The van der Waals surface area contributed by atoms with Gasteiger partial charge in [-0.3, -0.25) is 5.41 Å². The molecule has 1 unspecified atom stereocenters. The monoisotopic (exact) mass is 185 g/mol. The molecule has 3 N–H and O–H groups in total. The fraction of sp³-hybridized carbons (Fsp3) is 0.900. The first kappa shape index (κ1) is 12.4. The summed E-state index contributed by atoms with van der Waals surface area (Å²) in [5.74, 6) is 0.294. The van der Waals surface area contributed by atoms with Crippen molar-refractivity contribution in [3.8, 4) is 0 Å². The highest BCUT2D eigenvalue weighted by molar-refractivity contribution is 5.77. The predicted molar refractivity (Wildman–Crippen MR) is 58.1 cm³/mol. The number of nitrogens with one attached hydrogen (secondary N) is 1. The van der Waals surface area contributed by atoms with E-state index >= 15 is 0 Å². The van der Waals surface area contributed by atoms with Gasteiger partial charge in [0.05, 0.1) is 5.84 Å². The molecule has 0 radical (unpaired) electrons. The van der Waals surface area contributed by atoms with Crippen molar-refractivity contribution in [1.82, 2.24) is 4.90 Å². The normalized spacial score (nSPS) is 13.2. The Balaban J connectivity index is 3.83. The molecule has 0 heterocycles. The summed E-state index contributed by atoms with van der Waals surface area (Å²) >= 11 is 0. The molecule has 1 atom stereocenters. The fourth-order valence-corrected chi connectivity index (χ4v) is 1.50. The van der Waals surface area contributed by atoms with E-state index in [1.54, 1.807) is 0 Å². The van der Waals surface area contributed by atoms with Gasteiger partial charge in [-0.15, -0.1) is 0 Å². The molecular formula is C10H23N3. The molecule has 0 saturated heterocycles. The molecule has 0 aliphatic heterocycles. The predicted octanol–water partition coefficient (Wildman–Crippen LogP) is 1.82. The number of rotatable bonds is 7. The molecule has 0 aromatic carbocycles. The first-order valence-corrected chi connectivity index (χ1v) is 5.18. The lowest BCUT2D eigenvalue weighted by molar-refractivity contribution is 0.220. The van der Waals surface area contributed by atoms with Crippen molar-refractivity contribution in [2.24, 2.45) is 5.73 Å². The molecule has 0 aromatic heterocycles. The van der Waals surface area contributed by atoms with Crippen LogP contribution in [0.2, 0.25) is 0 Å². The van der Waals surface area contributed by atoms with Gasteiger partial charge in [0.15, 0.2) is 0 Å². The quantitative estimate of drug-likeness (QED) is 0.469. The van der Waals surface area contributed by atoms with Gasteiger partial charge in [-0.1, -0.05) is 20.3 Å². The number of hydrogen-bond acceptors (Lipinski definition) is 2.